The summed E-state index contributed by atoms with van der Waals surface area (Å²) in [6.07, 6.45) is 2.54. The number of aryl methyl sites for hydroxylation is 1. The molecule has 1 spiro atoms. The molecule has 2 aliphatic rings. The monoisotopic (exact) mass is 448 g/mol. The van der Waals surface area contributed by atoms with Gasteiger partial charge in [-0.05, 0) is 51.1 Å². The first kappa shape index (κ1) is 21.5. The van der Waals surface area contributed by atoms with Crippen LogP contribution in [0.25, 0.3) is 11.0 Å². The first-order valence-electron chi connectivity index (χ1n) is 11.4. The maximum Gasteiger partial charge on any atom is 0.316 e. The van der Waals surface area contributed by atoms with Gasteiger partial charge in [0.05, 0.1) is 17.1 Å². The van der Waals surface area contributed by atoms with Crippen molar-refractivity contribution in [3.05, 3.63) is 74.3 Å². The number of rotatable bonds is 3. The van der Waals surface area contributed by atoms with Crippen molar-refractivity contribution in [2.75, 3.05) is 20.1 Å². The third kappa shape index (κ3) is 3.84. The molecule has 3 aromatic rings. The van der Waals surface area contributed by atoms with Gasteiger partial charge in [0.1, 0.15) is 11.4 Å². The Kier molecular flexibility index (Phi) is 5.32. The van der Waals surface area contributed by atoms with E-state index in [1.54, 1.807) is 18.2 Å². The molecular weight excluding hydrogens is 420 g/mol. The number of carbonyl (C=O) groups is 1. The molecule has 0 unspecified atom stereocenters. The summed E-state index contributed by atoms with van der Waals surface area (Å²) in [5.74, 6) is 0.602. The van der Waals surface area contributed by atoms with Crippen molar-refractivity contribution < 1.29 is 9.53 Å². The molecule has 8 nitrogen and oxygen atoms in total. The van der Waals surface area contributed by atoms with Gasteiger partial charge in [0.15, 0.2) is 0 Å². The number of hydrogen-bond acceptors (Lipinski definition) is 5. The van der Waals surface area contributed by atoms with Crippen molar-refractivity contribution in [2.45, 2.75) is 44.4 Å². The predicted molar refractivity (Wildman–Crippen MR) is 126 cm³/mol. The van der Waals surface area contributed by atoms with Gasteiger partial charge in [-0.25, -0.2) is 0 Å². The lowest BCUT2D eigenvalue weighted by molar-refractivity contribution is -0.0195. The summed E-state index contributed by atoms with van der Waals surface area (Å²) in [5.41, 5.74) is 0.901. The van der Waals surface area contributed by atoms with E-state index < -0.39 is 11.1 Å². The fourth-order valence-electron chi connectivity index (χ4n) is 5.06. The number of H-pyrrole nitrogens is 1. The Morgan fingerprint density at radius 1 is 1.18 bits per heavy atom. The second-order valence-electron chi connectivity index (χ2n) is 9.09. The van der Waals surface area contributed by atoms with Crippen molar-refractivity contribution in [1.29, 1.82) is 0 Å². The van der Waals surface area contributed by atoms with E-state index in [4.69, 9.17) is 4.74 Å². The predicted octanol–water partition coefficient (Wildman–Crippen LogP) is 2.43. The second kappa shape index (κ2) is 8.19. The van der Waals surface area contributed by atoms with Crippen LogP contribution in [0.15, 0.2) is 52.1 Å². The largest absolute Gasteiger partial charge is 0.487 e. The molecule has 1 saturated heterocycles. The van der Waals surface area contributed by atoms with Gasteiger partial charge in [0.25, 0.3) is 5.91 Å². The molecule has 1 atom stereocenters. The summed E-state index contributed by atoms with van der Waals surface area (Å²) in [5, 5.41) is 3.20. The van der Waals surface area contributed by atoms with Crippen molar-refractivity contribution in [2.24, 2.45) is 0 Å². The van der Waals surface area contributed by atoms with Gasteiger partial charge in [0.2, 0.25) is 0 Å². The van der Waals surface area contributed by atoms with Crippen molar-refractivity contribution in [3.8, 4) is 5.75 Å². The zero-order valence-electron chi connectivity index (χ0n) is 18.9. The molecule has 8 heteroatoms. The average Bonchev–Trinajstić information content (AvgIpc) is 2.82. The summed E-state index contributed by atoms with van der Waals surface area (Å²) in [6, 6.07) is 12.7. The van der Waals surface area contributed by atoms with Crippen molar-refractivity contribution in [3.63, 3.8) is 0 Å². The molecule has 0 aliphatic carbocycles. The highest BCUT2D eigenvalue weighted by Gasteiger charge is 2.43. The minimum Gasteiger partial charge on any atom is -0.487 e. The van der Waals surface area contributed by atoms with Crippen LogP contribution in [0.1, 0.15) is 48.1 Å². The zero-order valence-corrected chi connectivity index (χ0v) is 18.9. The topological polar surface area (TPSA) is 96.4 Å². The van der Waals surface area contributed by atoms with Crippen LogP contribution in [-0.2, 0) is 6.54 Å². The van der Waals surface area contributed by atoms with E-state index in [1.165, 1.54) is 4.57 Å². The number of amides is 1. The van der Waals surface area contributed by atoms with Crippen LogP contribution in [-0.4, -0.2) is 46.1 Å². The third-order valence-corrected chi connectivity index (χ3v) is 6.95. The maximum atomic E-state index is 13.3. The number of nitrogens with zero attached hydrogens (tertiary/aromatic N) is 2. The number of carbonyl (C=O) groups excluding carboxylic acids is 1. The van der Waals surface area contributed by atoms with Crippen LogP contribution in [0.2, 0.25) is 0 Å². The Labute approximate surface area is 191 Å². The zero-order chi connectivity index (χ0) is 23.2. The van der Waals surface area contributed by atoms with E-state index in [0.717, 1.165) is 37.2 Å². The first-order chi connectivity index (χ1) is 15.9. The standard InChI is InChI=1S/C25H28N4O4/c1-3-29-20-9-8-16(14-18(20)26-23(31)24(29)32)22(30)27-19-15-25(10-12-28(2)13-11-25)33-21-7-5-4-6-17(19)21/h4-9,14,19H,3,10-13,15H2,1-2H3,(H,26,31)(H,27,30)/t19-/m0/s1. The van der Waals surface area contributed by atoms with Crippen LogP contribution in [0.3, 0.4) is 0 Å². The molecule has 2 aromatic carbocycles. The number of piperidine rings is 1. The summed E-state index contributed by atoms with van der Waals surface area (Å²) in [4.78, 5) is 42.3. The SMILES string of the molecule is CCn1c(=O)c(=O)[nH]c2cc(C(=O)N[C@H]3CC4(CCN(C)CC4)Oc4ccccc43)ccc21. The molecule has 1 amide bonds. The summed E-state index contributed by atoms with van der Waals surface area (Å²) in [7, 11) is 2.12. The van der Waals surface area contributed by atoms with Gasteiger partial charge in [-0.3, -0.25) is 14.4 Å². The van der Waals surface area contributed by atoms with Crippen LogP contribution >= 0.6 is 0 Å². The Balaban J connectivity index is 1.46. The highest BCUT2D eigenvalue weighted by Crippen LogP contribution is 2.44. The van der Waals surface area contributed by atoms with E-state index in [1.807, 2.05) is 31.2 Å². The number of ether oxygens (including phenoxy) is 1. The molecule has 0 bridgehead atoms. The summed E-state index contributed by atoms with van der Waals surface area (Å²) in [6.45, 7) is 4.10. The molecular formula is C25H28N4O4. The molecule has 1 aromatic heterocycles. The highest BCUT2D eigenvalue weighted by atomic mass is 16.5. The summed E-state index contributed by atoms with van der Waals surface area (Å²) >= 11 is 0. The molecule has 33 heavy (non-hydrogen) atoms. The number of fused-ring (bicyclic) bond motifs is 2. The van der Waals surface area contributed by atoms with Crippen LogP contribution in [0.5, 0.6) is 5.75 Å². The fourth-order valence-corrected chi connectivity index (χ4v) is 5.06. The number of likely N-dealkylation sites (tertiary alicyclic amines) is 1. The van der Waals surface area contributed by atoms with Crippen LogP contribution in [0.4, 0.5) is 0 Å². The normalized spacial score (nSPS) is 19.8. The summed E-state index contributed by atoms with van der Waals surface area (Å²) < 4.78 is 7.89. The van der Waals surface area contributed by atoms with E-state index >= 15 is 0 Å². The molecule has 172 valence electrons. The number of para-hydroxylation sites is 1. The number of aromatic amines is 1. The quantitative estimate of drug-likeness (QED) is 0.600. The molecule has 3 heterocycles. The van der Waals surface area contributed by atoms with Crippen molar-refractivity contribution >= 4 is 16.9 Å². The van der Waals surface area contributed by atoms with E-state index in [9.17, 15) is 14.4 Å². The third-order valence-electron chi connectivity index (χ3n) is 6.95. The smallest absolute Gasteiger partial charge is 0.316 e. The number of aromatic nitrogens is 2. The second-order valence-corrected chi connectivity index (χ2v) is 9.09. The maximum absolute atomic E-state index is 13.3. The molecule has 0 saturated carbocycles. The first-order valence-corrected chi connectivity index (χ1v) is 11.4. The van der Waals surface area contributed by atoms with E-state index in [-0.39, 0.29) is 17.6 Å². The van der Waals surface area contributed by atoms with Gasteiger partial charge in [-0.1, -0.05) is 18.2 Å². The van der Waals surface area contributed by atoms with Crippen molar-refractivity contribution in [1.82, 2.24) is 19.8 Å². The molecule has 5 rings (SSSR count). The Hall–Kier alpha value is -3.39. The number of nitrogens with one attached hydrogen (secondary N) is 2. The fraction of sp³-hybridized carbons (Fsp3) is 0.400. The van der Waals surface area contributed by atoms with Gasteiger partial charge < -0.3 is 24.5 Å². The molecule has 1 fully saturated rings. The lowest BCUT2D eigenvalue weighted by Crippen LogP contribution is -2.51. The molecule has 2 N–H and O–H groups in total. The minimum atomic E-state index is -0.690. The Bertz CT molecular complexity index is 1330. The van der Waals surface area contributed by atoms with Crippen LogP contribution in [0, 0.1) is 0 Å². The number of benzene rings is 2. The highest BCUT2D eigenvalue weighted by molar-refractivity contribution is 5.97. The average molecular weight is 449 g/mol. The Morgan fingerprint density at radius 2 is 1.94 bits per heavy atom. The number of hydrogen-bond donors (Lipinski definition) is 2. The van der Waals surface area contributed by atoms with E-state index in [2.05, 4.69) is 22.2 Å². The van der Waals surface area contributed by atoms with Gasteiger partial charge >= 0.3 is 11.1 Å². The Morgan fingerprint density at radius 3 is 2.70 bits per heavy atom. The molecule has 2 aliphatic heterocycles. The lowest BCUT2D eigenvalue weighted by atomic mass is 9.80. The molecule has 0 radical (unpaired) electrons. The van der Waals surface area contributed by atoms with Gasteiger partial charge in [-0.2, -0.15) is 0 Å². The van der Waals surface area contributed by atoms with Crippen LogP contribution < -0.4 is 21.2 Å². The van der Waals surface area contributed by atoms with Gasteiger partial charge in [0, 0.05) is 37.2 Å². The van der Waals surface area contributed by atoms with Gasteiger partial charge in [-0.15, -0.1) is 0 Å². The minimum absolute atomic E-state index is 0.176. The van der Waals surface area contributed by atoms with E-state index in [0.29, 0.717) is 29.6 Å². The lowest BCUT2D eigenvalue weighted by Gasteiger charge is -2.46.